The van der Waals surface area contributed by atoms with Crippen LogP contribution in [0, 0.1) is 12.2 Å². The standard InChI is InChI=1S/C13H19.C5H5.2ClH.Zr/c1-2-3-4-5-6-7-10-13-11-8-9-12-13;1-2-4-5-3-1;;;/h2,8,11H,1,3-7,9-10H2;1-3H,4H2;2*1H;/q2*-1;;;+2. The van der Waals surface area contributed by atoms with Gasteiger partial charge < -0.3 is 0 Å². The smallest absolute Gasteiger partial charge is 0.273 e. The Labute approximate surface area is 162 Å². The third kappa shape index (κ3) is 16.4. The zero-order valence-corrected chi connectivity index (χ0v) is 16.7. The Bertz CT molecular complexity index is 331. The fraction of sp³-hybridized carbons (Fsp3) is 0.444. The molecular formula is C18H26Cl2Zr. The van der Waals surface area contributed by atoms with Gasteiger partial charge in [0.05, 0.1) is 0 Å². The van der Waals surface area contributed by atoms with E-state index in [0.29, 0.717) is 0 Å². The molecule has 0 heterocycles. The number of unbranched alkanes of at least 4 members (excludes halogenated alkanes) is 4. The molecule has 2 rings (SSSR count). The summed E-state index contributed by atoms with van der Waals surface area (Å²) >= 11 is 0. The molecule has 0 bridgehead atoms. The van der Waals surface area contributed by atoms with Gasteiger partial charge in [0.1, 0.15) is 0 Å². The van der Waals surface area contributed by atoms with Crippen molar-refractivity contribution >= 4 is 24.8 Å². The van der Waals surface area contributed by atoms with E-state index in [-0.39, 0.29) is 51.0 Å². The Balaban J connectivity index is -0.000000349. The summed E-state index contributed by atoms with van der Waals surface area (Å²) in [4.78, 5) is 0. The zero-order valence-electron chi connectivity index (χ0n) is 12.6. The van der Waals surface area contributed by atoms with Crippen molar-refractivity contribution in [2.45, 2.75) is 51.4 Å². The van der Waals surface area contributed by atoms with Gasteiger partial charge in [0.25, 0.3) is 0 Å². The maximum absolute atomic E-state index is 3.72. The van der Waals surface area contributed by atoms with Crippen molar-refractivity contribution in [3.05, 3.63) is 60.8 Å². The maximum atomic E-state index is 3.72. The summed E-state index contributed by atoms with van der Waals surface area (Å²) in [6.07, 6.45) is 28.5. The summed E-state index contributed by atoms with van der Waals surface area (Å²) in [6, 6.07) is 0. The quantitative estimate of drug-likeness (QED) is 0.263. The summed E-state index contributed by atoms with van der Waals surface area (Å²) in [5, 5.41) is 0. The summed E-state index contributed by atoms with van der Waals surface area (Å²) < 4.78 is 0. The average Bonchev–Trinajstić information content (AvgIpc) is 3.07. The summed E-state index contributed by atoms with van der Waals surface area (Å²) in [5.74, 6) is 0. The van der Waals surface area contributed by atoms with Crippen LogP contribution in [0.5, 0.6) is 0 Å². The van der Waals surface area contributed by atoms with Crippen molar-refractivity contribution in [1.29, 1.82) is 0 Å². The fourth-order valence-electron chi connectivity index (χ4n) is 1.92. The van der Waals surface area contributed by atoms with Gasteiger partial charge in [0.15, 0.2) is 0 Å². The second-order valence-corrected chi connectivity index (χ2v) is 4.55. The van der Waals surface area contributed by atoms with E-state index in [1.807, 2.05) is 18.2 Å². The maximum Gasteiger partial charge on any atom is 2.00 e. The van der Waals surface area contributed by atoms with Crippen molar-refractivity contribution < 1.29 is 26.2 Å². The first-order valence-corrected chi connectivity index (χ1v) is 7.02. The fourth-order valence-corrected chi connectivity index (χ4v) is 1.92. The molecule has 0 saturated carbocycles. The second-order valence-electron chi connectivity index (χ2n) is 4.55. The largest absolute Gasteiger partial charge is 2.00 e. The van der Waals surface area contributed by atoms with Crippen molar-refractivity contribution in [2.75, 3.05) is 0 Å². The van der Waals surface area contributed by atoms with Gasteiger partial charge in [0.2, 0.25) is 0 Å². The van der Waals surface area contributed by atoms with Gasteiger partial charge in [-0.05, 0) is 12.8 Å². The second kappa shape index (κ2) is 20.2. The van der Waals surface area contributed by atoms with Crippen molar-refractivity contribution in [3.8, 4) is 0 Å². The van der Waals surface area contributed by atoms with Crippen molar-refractivity contribution in [1.82, 2.24) is 0 Å². The number of hydrogen-bond donors (Lipinski definition) is 0. The number of halogens is 2. The molecule has 0 amide bonds. The molecule has 0 nitrogen and oxygen atoms in total. The molecule has 0 fully saturated rings. The minimum absolute atomic E-state index is 0. The molecule has 2 aliphatic carbocycles. The Morgan fingerprint density at radius 1 is 1.05 bits per heavy atom. The summed E-state index contributed by atoms with van der Waals surface area (Å²) in [5.41, 5.74) is 1.42. The molecule has 0 aromatic carbocycles. The van der Waals surface area contributed by atoms with Crippen molar-refractivity contribution in [3.63, 3.8) is 0 Å². The van der Waals surface area contributed by atoms with Gasteiger partial charge in [-0.15, -0.1) is 44.2 Å². The van der Waals surface area contributed by atoms with Crippen LogP contribution in [-0.4, -0.2) is 0 Å². The van der Waals surface area contributed by atoms with E-state index in [1.165, 1.54) is 44.1 Å². The molecule has 0 aliphatic heterocycles. The monoisotopic (exact) mass is 402 g/mol. The van der Waals surface area contributed by atoms with E-state index >= 15 is 0 Å². The van der Waals surface area contributed by atoms with Crippen LogP contribution in [0.2, 0.25) is 0 Å². The van der Waals surface area contributed by atoms with Gasteiger partial charge in [-0.3, -0.25) is 12.2 Å². The SMILES string of the molecule is C=CCCCCCCC1=[C-]CC=C1.Cl.Cl.[C-]1=CC=CC1.[Zr+2]. The van der Waals surface area contributed by atoms with Gasteiger partial charge in [0, 0.05) is 0 Å². The first-order chi connectivity index (χ1) is 8.93. The summed E-state index contributed by atoms with van der Waals surface area (Å²) in [6.45, 7) is 3.72. The van der Waals surface area contributed by atoms with Crippen LogP contribution in [0.1, 0.15) is 51.4 Å². The molecule has 0 N–H and O–H groups in total. The van der Waals surface area contributed by atoms with Gasteiger partial charge in [-0.1, -0.05) is 31.8 Å². The minimum atomic E-state index is 0. The molecule has 0 aromatic heterocycles. The van der Waals surface area contributed by atoms with E-state index in [2.05, 4.69) is 37.0 Å². The van der Waals surface area contributed by atoms with Crippen LogP contribution in [0.4, 0.5) is 0 Å². The van der Waals surface area contributed by atoms with Crippen molar-refractivity contribution in [2.24, 2.45) is 0 Å². The summed E-state index contributed by atoms with van der Waals surface area (Å²) in [7, 11) is 0. The predicted octanol–water partition coefficient (Wildman–Crippen LogP) is 6.35. The van der Waals surface area contributed by atoms with E-state index in [1.54, 1.807) is 0 Å². The number of rotatable bonds is 7. The predicted molar refractivity (Wildman–Crippen MR) is 94.5 cm³/mol. The topological polar surface area (TPSA) is 0 Å². The van der Waals surface area contributed by atoms with Crippen LogP contribution in [0.3, 0.4) is 0 Å². The van der Waals surface area contributed by atoms with E-state index in [0.717, 1.165) is 12.8 Å². The third-order valence-corrected chi connectivity index (χ3v) is 2.96. The van der Waals surface area contributed by atoms with Crippen LogP contribution in [0.15, 0.2) is 48.6 Å². The Kier molecular flexibility index (Phi) is 25.0. The Hall–Kier alpha value is 0.163. The first kappa shape index (κ1) is 26.1. The molecule has 3 heteroatoms. The van der Waals surface area contributed by atoms with Crippen LogP contribution >= 0.6 is 24.8 Å². The van der Waals surface area contributed by atoms with Gasteiger partial charge in [-0.25, -0.2) is 23.8 Å². The van der Waals surface area contributed by atoms with Crippen LogP contribution < -0.4 is 0 Å². The molecule has 0 radical (unpaired) electrons. The van der Waals surface area contributed by atoms with Crippen LogP contribution in [0.25, 0.3) is 0 Å². The van der Waals surface area contributed by atoms with Gasteiger partial charge in [-0.2, -0.15) is 12.2 Å². The van der Waals surface area contributed by atoms with E-state index in [4.69, 9.17) is 0 Å². The number of allylic oxidation sites excluding steroid dienone is 9. The molecule has 0 aromatic rings. The molecule has 116 valence electrons. The zero-order chi connectivity index (χ0) is 12.9. The van der Waals surface area contributed by atoms with Gasteiger partial charge >= 0.3 is 26.2 Å². The Morgan fingerprint density at radius 2 is 1.81 bits per heavy atom. The number of hydrogen-bond acceptors (Lipinski definition) is 0. The van der Waals surface area contributed by atoms with Crippen LogP contribution in [-0.2, 0) is 26.2 Å². The van der Waals surface area contributed by atoms with E-state index < -0.39 is 0 Å². The normalized spacial score (nSPS) is 13.2. The molecule has 2 aliphatic rings. The molecular weight excluding hydrogens is 378 g/mol. The first-order valence-electron chi connectivity index (χ1n) is 7.02. The average molecular weight is 405 g/mol. The molecule has 21 heavy (non-hydrogen) atoms. The van der Waals surface area contributed by atoms with E-state index in [9.17, 15) is 0 Å². The molecule has 0 unspecified atom stereocenters. The minimum Gasteiger partial charge on any atom is -0.273 e. The molecule has 0 atom stereocenters. The Morgan fingerprint density at radius 3 is 2.29 bits per heavy atom. The third-order valence-electron chi connectivity index (χ3n) is 2.96. The molecule has 0 saturated heterocycles. The molecule has 0 spiro atoms.